The molecule has 3 nitrogen and oxygen atoms in total. The third-order valence-electron chi connectivity index (χ3n) is 4.21. The molecule has 0 atom stereocenters. The first-order valence-electron chi connectivity index (χ1n) is 6.85. The smallest absolute Gasteiger partial charge is 0.222 e. The average molecular weight is 261 g/mol. The van der Waals surface area contributed by atoms with E-state index in [4.69, 9.17) is 0 Å². The van der Waals surface area contributed by atoms with Crippen LogP contribution in [-0.4, -0.2) is 44.0 Å². The molecule has 1 saturated heterocycles. The molecule has 0 unspecified atom stereocenters. The van der Waals surface area contributed by atoms with Crippen molar-refractivity contribution in [3.8, 4) is 0 Å². The van der Waals surface area contributed by atoms with Crippen LogP contribution in [0.25, 0.3) is 0 Å². The van der Waals surface area contributed by atoms with Gasteiger partial charge in [-0.25, -0.2) is 0 Å². The zero-order chi connectivity index (χ0) is 11.4. The van der Waals surface area contributed by atoms with Gasteiger partial charge in [0.15, 0.2) is 0 Å². The maximum absolute atomic E-state index is 12.0. The number of carbonyl (C=O) groups is 1. The summed E-state index contributed by atoms with van der Waals surface area (Å²) in [4.78, 5) is 15.6. The fourth-order valence-corrected chi connectivity index (χ4v) is 2.92. The highest BCUT2D eigenvalue weighted by Crippen LogP contribution is 2.28. The molecular weight excluding hydrogens is 236 g/mol. The molecule has 0 bridgehead atoms. The second-order valence-corrected chi connectivity index (χ2v) is 5.53. The number of carbonyl (C=O) groups excluding carboxylic acids is 1. The summed E-state index contributed by atoms with van der Waals surface area (Å²) in [6, 6.07) is 0. The van der Waals surface area contributed by atoms with E-state index < -0.39 is 0 Å². The van der Waals surface area contributed by atoms with Crippen molar-refractivity contribution < 1.29 is 22.1 Å². The Bertz CT molecular complexity index is 234. The minimum Gasteiger partial charge on any atom is -1.00 e. The number of halogens is 1. The van der Waals surface area contributed by atoms with E-state index in [0.29, 0.717) is 5.91 Å². The Labute approximate surface area is 111 Å². The molecule has 1 heterocycles. The minimum absolute atomic E-state index is 0. The molecule has 100 valence electrons. The fourth-order valence-electron chi connectivity index (χ4n) is 2.92. The summed E-state index contributed by atoms with van der Waals surface area (Å²) in [5.41, 5.74) is 0. The Hall–Kier alpha value is -0.280. The van der Waals surface area contributed by atoms with Gasteiger partial charge in [0.25, 0.3) is 0 Å². The molecule has 17 heavy (non-hydrogen) atoms. The van der Waals surface area contributed by atoms with E-state index >= 15 is 0 Å². The maximum atomic E-state index is 12.0. The first-order valence-corrected chi connectivity index (χ1v) is 6.85. The largest absolute Gasteiger partial charge is 1.00 e. The van der Waals surface area contributed by atoms with Gasteiger partial charge in [-0.05, 0) is 12.3 Å². The molecule has 1 amide bonds. The normalized spacial score (nSPS) is 22.5. The lowest BCUT2D eigenvalue weighted by Crippen LogP contribution is -3.12. The van der Waals surface area contributed by atoms with E-state index in [1.54, 1.807) is 4.90 Å². The van der Waals surface area contributed by atoms with E-state index in [2.05, 4.69) is 11.9 Å². The monoisotopic (exact) mass is 260 g/mol. The quantitative estimate of drug-likeness (QED) is 0.588. The number of likely N-dealkylation sites (N-methyl/N-ethyl adjacent to an activating group) is 1. The fraction of sp³-hybridized carbons (Fsp3) is 0.923. The molecule has 1 saturated carbocycles. The Kier molecular flexibility index (Phi) is 6.28. The first kappa shape index (κ1) is 14.8. The minimum atomic E-state index is 0. The Morgan fingerprint density at radius 1 is 1.24 bits per heavy atom. The third-order valence-corrected chi connectivity index (χ3v) is 4.21. The van der Waals surface area contributed by atoms with Crippen LogP contribution in [0.3, 0.4) is 0 Å². The van der Waals surface area contributed by atoms with Crippen molar-refractivity contribution >= 4 is 5.91 Å². The lowest BCUT2D eigenvalue weighted by atomic mass is 10.0. The van der Waals surface area contributed by atoms with Crippen molar-refractivity contribution in [2.45, 2.75) is 38.5 Å². The Balaban J connectivity index is 0.00000144. The van der Waals surface area contributed by atoms with Gasteiger partial charge in [0.2, 0.25) is 5.91 Å². The van der Waals surface area contributed by atoms with Gasteiger partial charge in [-0.2, -0.15) is 0 Å². The van der Waals surface area contributed by atoms with Crippen LogP contribution in [0, 0.1) is 5.92 Å². The van der Waals surface area contributed by atoms with Crippen LogP contribution >= 0.6 is 0 Å². The van der Waals surface area contributed by atoms with Gasteiger partial charge < -0.3 is 22.2 Å². The molecule has 1 N–H and O–H groups in total. The van der Waals surface area contributed by atoms with Crippen molar-refractivity contribution in [1.29, 1.82) is 0 Å². The molecular formula is C13H25ClN2O. The molecule has 2 rings (SSSR count). The van der Waals surface area contributed by atoms with E-state index in [0.717, 1.165) is 44.9 Å². The topological polar surface area (TPSA) is 24.8 Å². The Morgan fingerprint density at radius 2 is 1.82 bits per heavy atom. The van der Waals surface area contributed by atoms with E-state index in [-0.39, 0.29) is 12.4 Å². The van der Waals surface area contributed by atoms with Gasteiger partial charge in [-0.15, -0.1) is 0 Å². The van der Waals surface area contributed by atoms with Crippen LogP contribution in [0.15, 0.2) is 0 Å². The maximum Gasteiger partial charge on any atom is 0.222 e. The highest BCUT2D eigenvalue weighted by Gasteiger charge is 2.22. The lowest BCUT2D eigenvalue weighted by molar-refractivity contribution is -0.883. The van der Waals surface area contributed by atoms with Gasteiger partial charge in [0.05, 0.1) is 33.2 Å². The summed E-state index contributed by atoms with van der Waals surface area (Å²) in [6.45, 7) is 4.18. The second-order valence-electron chi connectivity index (χ2n) is 5.53. The number of amides is 1. The van der Waals surface area contributed by atoms with Crippen LogP contribution in [-0.2, 0) is 4.79 Å². The molecule has 2 aliphatic rings. The summed E-state index contributed by atoms with van der Waals surface area (Å²) in [5.74, 6) is 1.25. The molecule has 2 fully saturated rings. The molecule has 0 radical (unpaired) electrons. The highest BCUT2D eigenvalue weighted by molar-refractivity contribution is 5.76. The molecule has 0 aromatic rings. The zero-order valence-electron chi connectivity index (χ0n) is 10.9. The molecule has 1 aliphatic carbocycles. The van der Waals surface area contributed by atoms with Gasteiger partial charge in [0.1, 0.15) is 0 Å². The number of hydrogen-bond donors (Lipinski definition) is 1. The lowest BCUT2D eigenvalue weighted by Gasteiger charge is -2.30. The predicted molar refractivity (Wildman–Crippen MR) is 64.4 cm³/mol. The Morgan fingerprint density at radius 3 is 2.41 bits per heavy atom. The number of rotatable bonds is 3. The third kappa shape index (κ3) is 4.47. The molecule has 0 spiro atoms. The average Bonchev–Trinajstić information content (AvgIpc) is 2.80. The van der Waals surface area contributed by atoms with Crippen LogP contribution in [0.5, 0.6) is 0 Å². The van der Waals surface area contributed by atoms with Crippen LogP contribution in [0.1, 0.15) is 38.5 Å². The summed E-state index contributed by atoms with van der Waals surface area (Å²) in [5, 5.41) is 0. The van der Waals surface area contributed by atoms with Crippen molar-refractivity contribution in [2.24, 2.45) is 5.92 Å². The predicted octanol–water partition coefficient (Wildman–Crippen LogP) is -2.68. The highest BCUT2D eigenvalue weighted by atomic mass is 35.5. The number of nitrogens with one attached hydrogen (secondary N) is 1. The van der Waals surface area contributed by atoms with E-state index in [1.165, 1.54) is 25.7 Å². The molecule has 0 aromatic carbocycles. The molecule has 4 heteroatoms. The summed E-state index contributed by atoms with van der Waals surface area (Å²) < 4.78 is 0. The van der Waals surface area contributed by atoms with Crippen LogP contribution in [0.4, 0.5) is 0 Å². The van der Waals surface area contributed by atoms with E-state index in [9.17, 15) is 4.79 Å². The van der Waals surface area contributed by atoms with Crippen molar-refractivity contribution in [1.82, 2.24) is 4.90 Å². The van der Waals surface area contributed by atoms with Gasteiger partial charge in [-0.3, -0.25) is 4.79 Å². The number of piperazine rings is 1. The number of quaternary nitrogens is 1. The SMILES string of the molecule is C[NH+]1CCN(C(=O)CCC2CCCC2)CC1.[Cl-]. The summed E-state index contributed by atoms with van der Waals surface area (Å²) in [7, 11) is 2.21. The van der Waals surface area contributed by atoms with E-state index in [1.807, 2.05) is 0 Å². The van der Waals surface area contributed by atoms with Crippen molar-refractivity contribution in [2.75, 3.05) is 33.2 Å². The van der Waals surface area contributed by atoms with Gasteiger partial charge in [0, 0.05) is 6.42 Å². The second kappa shape index (κ2) is 7.22. The number of hydrogen-bond acceptors (Lipinski definition) is 1. The van der Waals surface area contributed by atoms with Crippen LogP contribution < -0.4 is 17.3 Å². The van der Waals surface area contributed by atoms with Crippen molar-refractivity contribution in [3.63, 3.8) is 0 Å². The standard InChI is InChI=1S/C13H24N2O.ClH/c1-14-8-10-15(11-9-14)13(16)7-6-12-4-2-3-5-12;/h12H,2-11H2,1H3;1H. The summed E-state index contributed by atoms with van der Waals surface area (Å²) in [6.07, 6.45) is 7.43. The molecule has 1 aliphatic heterocycles. The molecule has 0 aromatic heterocycles. The first-order chi connectivity index (χ1) is 7.75. The van der Waals surface area contributed by atoms with Gasteiger partial charge in [-0.1, -0.05) is 25.7 Å². The van der Waals surface area contributed by atoms with Crippen molar-refractivity contribution in [3.05, 3.63) is 0 Å². The van der Waals surface area contributed by atoms with Gasteiger partial charge >= 0.3 is 0 Å². The zero-order valence-corrected chi connectivity index (χ0v) is 11.6. The van der Waals surface area contributed by atoms with Crippen LogP contribution in [0.2, 0.25) is 0 Å². The number of nitrogens with zero attached hydrogens (tertiary/aromatic N) is 1. The summed E-state index contributed by atoms with van der Waals surface area (Å²) >= 11 is 0.